The minimum absolute atomic E-state index is 0.0733. The molecular formula is C14H15N3O2. The smallest absolute Gasteiger partial charge is 0.293 e. The maximum absolute atomic E-state index is 5.71. The first kappa shape index (κ1) is 11.9. The first-order valence-electron chi connectivity index (χ1n) is 6.21. The van der Waals surface area contributed by atoms with Crippen molar-refractivity contribution < 1.29 is 8.94 Å². The molecule has 19 heavy (non-hydrogen) atoms. The summed E-state index contributed by atoms with van der Waals surface area (Å²) in [4.78, 5) is 4.32. The first-order chi connectivity index (χ1) is 9.17. The molecule has 1 atom stereocenters. The molecule has 0 aliphatic carbocycles. The van der Waals surface area contributed by atoms with E-state index in [1.807, 2.05) is 32.0 Å². The monoisotopic (exact) mass is 257 g/mol. The number of rotatable bonds is 3. The van der Waals surface area contributed by atoms with Crippen molar-refractivity contribution in [1.82, 2.24) is 10.1 Å². The van der Waals surface area contributed by atoms with E-state index in [1.165, 1.54) is 5.56 Å². The average molecular weight is 257 g/mol. The van der Waals surface area contributed by atoms with Crippen LogP contribution in [0, 0.1) is 6.92 Å². The van der Waals surface area contributed by atoms with Crippen molar-refractivity contribution in [2.45, 2.75) is 19.8 Å². The summed E-state index contributed by atoms with van der Waals surface area (Å²) in [6.45, 7) is 4.48. The Hall–Kier alpha value is -2.14. The predicted molar refractivity (Wildman–Crippen MR) is 71.7 cm³/mol. The van der Waals surface area contributed by atoms with E-state index in [0.717, 1.165) is 11.0 Å². The number of furan rings is 1. The van der Waals surface area contributed by atoms with Crippen LogP contribution in [0.4, 0.5) is 0 Å². The number of nitrogens with zero attached hydrogens (tertiary/aromatic N) is 2. The highest BCUT2D eigenvalue weighted by atomic mass is 16.5. The van der Waals surface area contributed by atoms with Crippen LogP contribution in [0.15, 0.2) is 33.2 Å². The molecule has 98 valence electrons. The number of nitrogens with two attached hydrogens (primary N) is 1. The van der Waals surface area contributed by atoms with Crippen LogP contribution in [0.25, 0.3) is 22.6 Å². The molecule has 5 heteroatoms. The molecule has 1 aromatic carbocycles. The van der Waals surface area contributed by atoms with Gasteiger partial charge in [0.25, 0.3) is 5.89 Å². The zero-order chi connectivity index (χ0) is 13.4. The highest BCUT2D eigenvalue weighted by Crippen LogP contribution is 2.28. The van der Waals surface area contributed by atoms with E-state index in [9.17, 15) is 0 Å². The third kappa shape index (κ3) is 2.13. The topological polar surface area (TPSA) is 78.1 Å². The predicted octanol–water partition coefficient (Wildman–Crippen LogP) is 2.85. The fraction of sp³-hybridized carbons (Fsp3) is 0.286. The highest BCUT2D eigenvalue weighted by Gasteiger charge is 2.16. The summed E-state index contributed by atoms with van der Waals surface area (Å²) in [7, 11) is 0. The van der Waals surface area contributed by atoms with Gasteiger partial charge in [0.05, 0.1) is 0 Å². The number of hydrogen-bond acceptors (Lipinski definition) is 5. The zero-order valence-electron chi connectivity index (χ0n) is 10.9. The Morgan fingerprint density at radius 2 is 2.16 bits per heavy atom. The maximum Gasteiger partial charge on any atom is 0.293 e. The van der Waals surface area contributed by atoms with Crippen LogP contribution in [0.3, 0.4) is 0 Å². The van der Waals surface area contributed by atoms with Gasteiger partial charge in [0.2, 0.25) is 0 Å². The van der Waals surface area contributed by atoms with Crippen molar-refractivity contribution in [1.29, 1.82) is 0 Å². The number of benzene rings is 1. The van der Waals surface area contributed by atoms with E-state index < -0.39 is 0 Å². The van der Waals surface area contributed by atoms with Gasteiger partial charge in [-0.2, -0.15) is 4.98 Å². The van der Waals surface area contributed by atoms with Gasteiger partial charge in [0, 0.05) is 17.8 Å². The molecule has 0 radical (unpaired) electrons. The number of aromatic nitrogens is 2. The highest BCUT2D eigenvalue weighted by molar-refractivity contribution is 5.82. The van der Waals surface area contributed by atoms with Crippen molar-refractivity contribution in [3.05, 3.63) is 35.7 Å². The summed E-state index contributed by atoms with van der Waals surface area (Å²) < 4.78 is 10.9. The molecule has 3 rings (SSSR count). The van der Waals surface area contributed by atoms with Crippen LogP contribution >= 0.6 is 0 Å². The van der Waals surface area contributed by atoms with Gasteiger partial charge in [-0.25, -0.2) is 0 Å². The number of aryl methyl sites for hydroxylation is 1. The standard InChI is InChI=1S/C14H15N3O2/c1-8-3-4-11-10(5-8)6-12(18-11)14-16-13(17-19-14)9(2)7-15/h3-6,9H,7,15H2,1-2H3. The second-order valence-corrected chi connectivity index (χ2v) is 4.75. The lowest BCUT2D eigenvalue weighted by molar-refractivity contribution is 0.408. The van der Waals surface area contributed by atoms with Crippen LogP contribution in [0.1, 0.15) is 24.2 Å². The van der Waals surface area contributed by atoms with Gasteiger partial charge in [0.15, 0.2) is 11.6 Å². The van der Waals surface area contributed by atoms with Gasteiger partial charge in [-0.3, -0.25) is 0 Å². The van der Waals surface area contributed by atoms with Gasteiger partial charge in [-0.1, -0.05) is 23.7 Å². The summed E-state index contributed by atoms with van der Waals surface area (Å²) in [5.74, 6) is 1.66. The summed E-state index contributed by atoms with van der Waals surface area (Å²) in [6.07, 6.45) is 0. The van der Waals surface area contributed by atoms with Crippen molar-refractivity contribution in [2.24, 2.45) is 5.73 Å². The van der Waals surface area contributed by atoms with Crippen LogP contribution < -0.4 is 5.73 Å². The van der Waals surface area contributed by atoms with Crippen molar-refractivity contribution in [3.8, 4) is 11.7 Å². The molecular weight excluding hydrogens is 242 g/mol. The average Bonchev–Trinajstić information content (AvgIpc) is 3.03. The summed E-state index contributed by atoms with van der Waals surface area (Å²) in [6, 6.07) is 7.91. The largest absolute Gasteiger partial charge is 0.451 e. The third-order valence-electron chi connectivity index (χ3n) is 3.12. The van der Waals surface area contributed by atoms with E-state index in [0.29, 0.717) is 24.0 Å². The van der Waals surface area contributed by atoms with E-state index >= 15 is 0 Å². The summed E-state index contributed by atoms with van der Waals surface area (Å²) in [5, 5.41) is 4.95. The SMILES string of the molecule is Cc1ccc2oc(-c3nc(C(C)CN)no3)cc2c1. The lowest BCUT2D eigenvalue weighted by atomic mass is 10.2. The Morgan fingerprint density at radius 1 is 1.32 bits per heavy atom. The lowest BCUT2D eigenvalue weighted by Crippen LogP contribution is -2.10. The van der Waals surface area contributed by atoms with Gasteiger partial charge in [0.1, 0.15) is 5.58 Å². The van der Waals surface area contributed by atoms with Crippen molar-refractivity contribution in [2.75, 3.05) is 6.54 Å². The normalized spacial score (nSPS) is 13.0. The molecule has 2 aromatic heterocycles. The number of hydrogen-bond donors (Lipinski definition) is 1. The van der Waals surface area contributed by atoms with E-state index in [4.69, 9.17) is 14.7 Å². The molecule has 0 bridgehead atoms. The Kier molecular flexibility index (Phi) is 2.83. The fourth-order valence-corrected chi connectivity index (χ4v) is 1.91. The third-order valence-corrected chi connectivity index (χ3v) is 3.12. The Morgan fingerprint density at radius 3 is 2.95 bits per heavy atom. The van der Waals surface area contributed by atoms with E-state index in [1.54, 1.807) is 0 Å². The molecule has 0 spiro atoms. The minimum atomic E-state index is 0.0733. The quantitative estimate of drug-likeness (QED) is 0.780. The molecule has 5 nitrogen and oxygen atoms in total. The van der Waals surface area contributed by atoms with Crippen LogP contribution in [-0.4, -0.2) is 16.7 Å². The van der Waals surface area contributed by atoms with E-state index in [-0.39, 0.29) is 5.92 Å². The van der Waals surface area contributed by atoms with Gasteiger partial charge >= 0.3 is 0 Å². The van der Waals surface area contributed by atoms with Crippen LogP contribution in [0.5, 0.6) is 0 Å². The molecule has 0 saturated carbocycles. The van der Waals surface area contributed by atoms with Gasteiger partial charge in [-0.15, -0.1) is 0 Å². The summed E-state index contributed by atoms with van der Waals surface area (Å²) in [5.41, 5.74) is 7.58. The molecule has 0 aliphatic rings. The molecule has 2 heterocycles. The molecule has 0 aliphatic heterocycles. The Labute approximate surface area is 110 Å². The van der Waals surface area contributed by atoms with Gasteiger partial charge < -0.3 is 14.7 Å². The first-order valence-corrected chi connectivity index (χ1v) is 6.21. The second kappa shape index (κ2) is 4.51. The second-order valence-electron chi connectivity index (χ2n) is 4.75. The van der Waals surface area contributed by atoms with Crippen molar-refractivity contribution >= 4 is 11.0 Å². The zero-order valence-corrected chi connectivity index (χ0v) is 10.9. The lowest BCUT2D eigenvalue weighted by Gasteiger charge is -1.98. The van der Waals surface area contributed by atoms with Crippen molar-refractivity contribution in [3.63, 3.8) is 0 Å². The number of fused-ring (bicyclic) bond motifs is 1. The Balaban J connectivity index is 2.01. The minimum Gasteiger partial charge on any atom is -0.451 e. The maximum atomic E-state index is 5.71. The summed E-state index contributed by atoms with van der Waals surface area (Å²) >= 11 is 0. The van der Waals surface area contributed by atoms with E-state index in [2.05, 4.69) is 16.2 Å². The molecule has 1 unspecified atom stereocenters. The Bertz CT molecular complexity index is 714. The molecule has 0 saturated heterocycles. The fourth-order valence-electron chi connectivity index (χ4n) is 1.91. The molecule has 3 aromatic rings. The van der Waals surface area contributed by atoms with Crippen LogP contribution in [0.2, 0.25) is 0 Å². The van der Waals surface area contributed by atoms with Gasteiger partial charge in [-0.05, 0) is 25.1 Å². The molecule has 0 fully saturated rings. The van der Waals surface area contributed by atoms with Crippen LogP contribution in [-0.2, 0) is 0 Å². The molecule has 2 N–H and O–H groups in total. The molecule has 0 amide bonds.